The number of sulfonamides is 1. The molecule has 0 aromatic heterocycles. The van der Waals surface area contributed by atoms with Crippen molar-refractivity contribution in [3.8, 4) is 5.75 Å². The van der Waals surface area contributed by atoms with E-state index in [0.717, 1.165) is 17.7 Å². The first kappa shape index (κ1) is 19.2. The van der Waals surface area contributed by atoms with Crippen LogP contribution < -0.4 is 10.1 Å². The van der Waals surface area contributed by atoms with E-state index in [1.807, 2.05) is 38.1 Å². The minimum atomic E-state index is -3.17. The number of amides is 1. The number of carbonyl (C=O) groups is 1. The first-order valence-corrected chi connectivity index (χ1v) is 11.1. The minimum Gasteiger partial charge on any atom is -0.487 e. The van der Waals surface area contributed by atoms with Crippen molar-refractivity contribution in [2.24, 2.45) is 0 Å². The zero-order valence-corrected chi connectivity index (χ0v) is 16.5. The molecule has 144 valence electrons. The monoisotopic (exact) mass is 380 g/mol. The first-order valence-electron chi connectivity index (χ1n) is 9.21. The predicted octanol–water partition coefficient (Wildman–Crippen LogP) is 2.26. The van der Waals surface area contributed by atoms with Gasteiger partial charge in [-0.1, -0.05) is 18.2 Å². The zero-order valence-electron chi connectivity index (χ0n) is 15.7. The fourth-order valence-corrected chi connectivity index (χ4v) is 4.91. The highest BCUT2D eigenvalue weighted by Gasteiger charge is 2.44. The predicted molar refractivity (Wildman–Crippen MR) is 101 cm³/mol. The van der Waals surface area contributed by atoms with Crippen molar-refractivity contribution in [2.75, 3.05) is 19.3 Å². The molecule has 1 spiro atoms. The van der Waals surface area contributed by atoms with Gasteiger partial charge in [0, 0.05) is 44.3 Å². The molecule has 0 aliphatic carbocycles. The SMILES string of the molecule is CC(C)NC(=O)C[C@@H]1CC2(CCN(S(C)(=O)=O)CC2)Oc2ccccc21. The van der Waals surface area contributed by atoms with Crippen molar-refractivity contribution < 1.29 is 17.9 Å². The second-order valence-electron chi connectivity index (χ2n) is 7.81. The van der Waals surface area contributed by atoms with E-state index in [0.29, 0.717) is 32.4 Å². The Hall–Kier alpha value is -1.60. The summed E-state index contributed by atoms with van der Waals surface area (Å²) in [5.41, 5.74) is 0.681. The van der Waals surface area contributed by atoms with Gasteiger partial charge >= 0.3 is 0 Å². The summed E-state index contributed by atoms with van der Waals surface area (Å²) >= 11 is 0. The number of benzene rings is 1. The highest BCUT2D eigenvalue weighted by molar-refractivity contribution is 7.88. The standard InChI is InChI=1S/C19H28N2O4S/c1-14(2)20-18(22)12-15-13-19(25-17-7-5-4-6-16(15)17)8-10-21(11-9-19)26(3,23)24/h4-7,14-15H,8-13H2,1-3H3,(H,20,22)/t15-/m1/s1. The lowest BCUT2D eigenvalue weighted by Gasteiger charge is -2.46. The molecular formula is C19H28N2O4S. The molecule has 7 heteroatoms. The lowest BCUT2D eigenvalue weighted by molar-refractivity contribution is -0.122. The average Bonchev–Trinajstić information content (AvgIpc) is 2.53. The third-order valence-electron chi connectivity index (χ3n) is 5.29. The summed E-state index contributed by atoms with van der Waals surface area (Å²) in [4.78, 5) is 12.3. The number of carbonyl (C=O) groups excluding carboxylic acids is 1. The summed E-state index contributed by atoms with van der Waals surface area (Å²) in [7, 11) is -3.17. The minimum absolute atomic E-state index is 0.0467. The molecule has 2 heterocycles. The number of piperidine rings is 1. The van der Waals surface area contributed by atoms with Crippen LogP contribution in [-0.2, 0) is 14.8 Å². The largest absolute Gasteiger partial charge is 0.487 e. The normalized spacial score (nSPS) is 22.7. The maximum atomic E-state index is 12.3. The molecule has 2 aliphatic rings. The molecule has 1 atom stereocenters. The summed E-state index contributed by atoms with van der Waals surface area (Å²) < 4.78 is 31.5. The van der Waals surface area contributed by atoms with Crippen LogP contribution in [0.2, 0.25) is 0 Å². The van der Waals surface area contributed by atoms with Gasteiger partial charge < -0.3 is 10.1 Å². The first-order chi connectivity index (χ1) is 12.2. The number of fused-ring (bicyclic) bond motifs is 1. The van der Waals surface area contributed by atoms with Gasteiger partial charge in [0.15, 0.2) is 0 Å². The molecule has 1 fully saturated rings. The number of nitrogens with one attached hydrogen (secondary N) is 1. The van der Waals surface area contributed by atoms with Crippen LogP contribution in [0, 0.1) is 0 Å². The van der Waals surface area contributed by atoms with E-state index >= 15 is 0 Å². The van der Waals surface area contributed by atoms with Gasteiger partial charge in [-0.05, 0) is 31.9 Å². The van der Waals surface area contributed by atoms with Gasteiger partial charge in [0.05, 0.1) is 6.26 Å². The zero-order chi connectivity index (χ0) is 18.9. The number of nitrogens with zero attached hydrogens (tertiary/aromatic N) is 1. The van der Waals surface area contributed by atoms with E-state index in [-0.39, 0.29) is 17.9 Å². The van der Waals surface area contributed by atoms with E-state index in [4.69, 9.17) is 4.74 Å². The van der Waals surface area contributed by atoms with E-state index in [9.17, 15) is 13.2 Å². The van der Waals surface area contributed by atoms with Gasteiger partial charge in [-0.3, -0.25) is 4.79 Å². The number of rotatable bonds is 4. The third kappa shape index (κ3) is 4.20. The molecule has 1 saturated heterocycles. The fourth-order valence-electron chi connectivity index (χ4n) is 4.06. The van der Waals surface area contributed by atoms with Crippen molar-refractivity contribution >= 4 is 15.9 Å². The molecule has 0 saturated carbocycles. The Labute approximate surface area is 156 Å². The molecule has 1 N–H and O–H groups in total. The lowest BCUT2D eigenvalue weighted by atomic mass is 9.76. The molecule has 0 unspecified atom stereocenters. The number of para-hydroxylation sites is 1. The van der Waals surface area contributed by atoms with Crippen LogP contribution in [0.1, 0.15) is 51.0 Å². The number of hydrogen-bond acceptors (Lipinski definition) is 4. The molecule has 0 radical (unpaired) electrons. The van der Waals surface area contributed by atoms with Gasteiger partial charge in [0.25, 0.3) is 0 Å². The Morgan fingerprint density at radius 1 is 1.31 bits per heavy atom. The molecule has 26 heavy (non-hydrogen) atoms. The summed E-state index contributed by atoms with van der Waals surface area (Å²) in [5.74, 6) is 0.961. The van der Waals surface area contributed by atoms with E-state index in [1.54, 1.807) is 0 Å². The molecule has 1 aromatic rings. The molecule has 1 aromatic carbocycles. The van der Waals surface area contributed by atoms with Crippen molar-refractivity contribution in [3.63, 3.8) is 0 Å². The molecular weight excluding hydrogens is 352 g/mol. The summed E-state index contributed by atoms with van der Waals surface area (Å²) in [5, 5.41) is 2.97. The maximum absolute atomic E-state index is 12.3. The Bertz CT molecular complexity index is 767. The van der Waals surface area contributed by atoms with Crippen LogP contribution in [0.15, 0.2) is 24.3 Å². The number of ether oxygens (including phenoxy) is 1. The van der Waals surface area contributed by atoms with Crippen molar-refractivity contribution in [1.29, 1.82) is 0 Å². The van der Waals surface area contributed by atoms with Gasteiger partial charge in [-0.2, -0.15) is 0 Å². The molecule has 3 rings (SSSR count). The van der Waals surface area contributed by atoms with Crippen LogP contribution in [0.5, 0.6) is 5.75 Å². The van der Waals surface area contributed by atoms with Crippen LogP contribution in [0.25, 0.3) is 0 Å². The Kier molecular flexibility index (Phi) is 5.30. The van der Waals surface area contributed by atoms with E-state index in [2.05, 4.69) is 5.32 Å². The second kappa shape index (κ2) is 7.19. The van der Waals surface area contributed by atoms with Crippen molar-refractivity contribution in [2.45, 2.75) is 57.1 Å². The lowest BCUT2D eigenvalue weighted by Crippen LogP contribution is -2.51. The van der Waals surface area contributed by atoms with E-state index < -0.39 is 15.6 Å². The molecule has 1 amide bonds. The van der Waals surface area contributed by atoms with Gasteiger partial charge in [-0.25, -0.2) is 12.7 Å². The molecule has 6 nitrogen and oxygen atoms in total. The topological polar surface area (TPSA) is 75.7 Å². The molecule has 2 aliphatic heterocycles. The molecule has 0 bridgehead atoms. The smallest absolute Gasteiger partial charge is 0.220 e. The van der Waals surface area contributed by atoms with Gasteiger partial charge in [-0.15, -0.1) is 0 Å². The summed E-state index contributed by atoms with van der Waals surface area (Å²) in [6.45, 7) is 4.84. The number of hydrogen-bond donors (Lipinski definition) is 1. The third-order valence-corrected chi connectivity index (χ3v) is 6.59. The summed E-state index contributed by atoms with van der Waals surface area (Å²) in [6, 6.07) is 8.01. The highest BCUT2D eigenvalue weighted by Crippen LogP contribution is 2.46. The second-order valence-corrected chi connectivity index (χ2v) is 9.79. The van der Waals surface area contributed by atoms with Crippen LogP contribution in [0.3, 0.4) is 0 Å². The quantitative estimate of drug-likeness (QED) is 0.869. The van der Waals surface area contributed by atoms with Gasteiger partial charge in [0.1, 0.15) is 11.4 Å². The van der Waals surface area contributed by atoms with Crippen molar-refractivity contribution in [3.05, 3.63) is 29.8 Å². The van der Waals surface area contributed by atoms with Crippen LogP contribution in [0.4, 0.5) is 0 Å². The maximum Gasteiger partial charge on any atom is 0.220 e. The fraction of sp³-hybridized carbons (Fsp3) is 0.632. The van der Waals surface area contributed by atoms with E-state index in [1.165, 1.54) is 10.6 Å². The highest BCUT2D eigenvalue weighted by atomic mass is 32.2. The summed E-state index contributed by atoms with van der Waals surface area (Å²) in [6.07, 6.45) is 3.72. The average molecular weight is 381 g/mol. The van der Waals surface area contributed by atoms with Crippen LogP contribution in [-0.4, -0.2) is 49.6 Å². The Morgan fingerprint density at radius 3 is 2.58 bits per heavy atom. The van der Waals surface area contributed by atoms with Crippen LogP contribution >= 0.6 is 0 Å². The van der Waals surface area contributed by atoms with Gasteiger partial charge in [0.2, 0.25) is 15.9 Å². The Morgan fingerprint density at radius 2 is 1.96 bits per heavy atom. The Balaban J connectivity index is 1.80. The van der Waals surface area contributed by atoms with Crippen molar-refractivity contribution in [1.82, 2.24) is 9.62 Å².